The van der Waals surface area contributed by atoms with E-state index in [0.717, 1.165) is 5.75 Å². The summed E-state index contributed by atoms with van der Waals surface area (Å²) in [5.41, 5.74) is 0.704. The van der Waals surface area contributed by atoms with E-state index in [1.807, 2.05) is 6.92 Å². The summed E-state index contributed by atoms with van der Waals surface area (Å²) in [7, 11) is 0. The van der Waals surface area contributed by atoms with E-state index in [0.29, 0.717) is 18.9 Å². The molecule has 0 spiro atoms. The van der Waals surface area contributed by atoms with Crippen molar-refractivity contribution in [2.75, 3.05) is 30.0 Å². The van der Waals surface area contributed by atoms with Gasteiger partial charge in [-0.2, -0.15) is 0 Å². The van der Waals surface area contributed by atoms with Gasteiger partial charge in [0.2, 0.25) is 5.91 Å². The molecular formula is C14H19NO4S. The van der Waals surface area contributed by atoms with Gasteiger partial charge in [0.25, 0.3) is 0 Å². The predicted octanol–water partition coefficient (Wildman–Crippen LogP) is 2.32. The summed E-state index contributed by atoms with van der Waals surface area (Å²) in [5.74, 6) is 0.716. The number of anilines is 1. The number of nitrogens with one attached hydrogen (secondary N) is 1. The molecule has 0 heterocycles. The molecule has 0 saturated heterocycles. The van der Waals surface area contributed by atoms with Crippen LogP contribution in [0.25, 0.3) is 0 Å². The lowest BCUT2D eigenvalue weighted by Crippen LogP contribution is -2.16. The van der Waals surface area contributed by atoms with Crippen molar-refractivity contribution < 1.29 is 19.1 Å². The topological polar surface area (TPSA) is 64.6 Å². The number of carbonyl (C=O) groups excluding carboxylic acids is 2. The summed E-state index contributed by atoms with van der Waals surface area (Å²) in [6.07, 6.45) is 0. The maximum absolute atomic E-state index is 11.6. The molecule has 1 rings (SSSR count). The number of carbonyl (C=O) groups is 2. The molecule has 0 aliphatic rings. The molecule has 20 heavy (non-hydrogen) atoms. The number of hydrogen-bond acceptors (Lipinski definition) is 5. The van der Waals surface area contributed by atoms with Gasteiger partial charge in [-0.25, -0.2) is 0 Å². The second kappa shape index (κ2) is 9.25. The summed E-state index contributed by atoms with van der Waals surface area (Å²) >= 11 is 1.23. The highest BCUT2D eigenvalue weighted by Gasteiger charge is 2.06. The van der Waals surface area contributed by atoms with E-state index in [4.69, 9.17) is 9.47 Å². The molecule has 1 aromatic carbocycles. The molecule has 0 atom stereocenters. The Balaban J connectivity index is 2.29. The molecule has 0 fully saturated rings. The summed E-state index contributed by atoms with van der Waals surface area (Å²) in [6.45, 7) is 4.63. The van der Waals surface area contributed by atoms with Gasteiger partial charge in [0.15, 0.2) is 0 Å². The molecule has 6 heteroatoms. The van der Waals surface area contributed by atoms with Crippen molar-refractivity contribution in [3.63, 3.8) is 0 Å². The van der Waals surface area contributed by atoms with Gasteiger partial charge in [0.1, 0.15) is 5.75 Å². The number of amides is 1. The average Bonchev–Trinajstić information content (AvgIpc) is 2.41. The molecular weight excluding hydrogens is 278 g/mol. The van der Waals surface area contributed by atoms with E-state index in [1.165, 1.54) is 11.8 Å². The van der Waals surface area contributed by atoms with Crippen LogP contribution in [0.1, 0.15) is 13.8 Å². The Labute approximate surface area is 123 Å². The molecule has 0 radical (unpaired) electrons. The van der Waals surface area contributed by atoms with Gasteiger partial charge >= 0.3 is 5.97 Å². The second-order valence-electron chi connectivity index (χ2n) is 3.80. The average molecular weight is 297 g/mol. The van der Waals surface area contributed by atoms with Crippen LogP contribution in [0, 0.1) is 0 Å². The molecule has 1 aromatic rings. The first-order chi connectivity index (χ1) is 9.65. The normalized spacial score (nSPS) is 9.90. The molecule has 0 saturated carbocycles. The third-order valence-corrected chi connectivity index (χ3v) is 3.11. The molecule has 1 amide bonds. The minimum atomic E-state index is -0.300. The highest BCUT2D eigenvalue weighted by Crippen LogP contribution is 2.15. The Bertz CT molecular complexity index is 433. The third-order valence-electron chi connectivity index (χ3n) is 2.21. The highest BCUT2D eigenvalue weighted by atomic mass is 32.2. The second-order valence-corrected chi connectivity index (χ2v) is 4.79. The maximum Gasteiger partial charge on any atom is 0.315 e. The Morgan fingerprint density at radius 3 is 2.40 bits per heavy atom. The Morgan fingerprint density at radius 2 is 1.80 bits per heavy atom. The summed E-state index contributed by atoms with van der Waals surface area (Å²) < 4.78 is 10.1. The first-order valence-electron chi connectivity index (χ1n) is 6.41. The van der Waals surface area contributed by atoms with Gasteiger partial charge in [-0.3, -0.25) is 9.59 Å². The van der Waals surface area contributed by atoms with Gasteiger partial charge in [-0.05, 0) is 38.1 Å². The minimum absolute atomic E-state index is 0.150. The fourth-order valence-corrected chi connectivity index (χ4v) is 2.04. The van der Waals surface area contributed by atoms with E-state index in [2.05, 4.69) is 5.32 Å². The summed E-state index contributed by atoms with van der Waals surface area (Å²) in [5, 5.41) is 2.75. The standard InChI is InChI=1S/C14H19NO4S/c1-3-18-12-7-5-11(6-8-12)15-13(16)9-20-10-14(17)19-4-2/h5-8H,3-4,9-10H2,1-2H3,(H,15,16). The van der Waals surface area contributed by atoms with Gasteiger partial charge in [-0.15, -0.1) is 11.8 Å². The zero-order valence-corrected chi connectivity index (χ0v) is 12.5. The van der Waals surface area contributed by atoms with E-state index in [1.54, 1.807) is 31.2 Å². The first-order valence-corrected chi connectivity index (χ1v) is 7.57. The number of rotatable bonds is 8. The van der Waals surface area contributed by atoms with Crippen LogP contribution in [0.5, 0.6) is 5.75 Å². The van der Waals surface area contributed by atoms with Crippen molar-refractivity contribution in [3.05, 3.63) is 24.3 Å². The van der Waals surface area contributed by atoms with Gasteiger partial charge in [-0.1, -0.05) is 0 Å². The largest absolute Gasteiger partial charge is 0.494 e. The van der Waals surface area contributed by atoms with Crippen molar-refractivity contribution in [1.82, 2.24) is 0 Å². The lowest BCUT2D eigenvalue weighted by Gasteiger charge is -2.07. The van der Waals surface area contributed by atoms with E-state index < -0.39 is 0 Å². The van der Waals surface area contributed by atoms with Crippen molar-refractivity contribution in [2.24, 2.45) is 0 Å². The van der Waals surface area contributed by atoms with Crippen LogP contribution in [-0.4, -0.2) is 36.6 Å². The van der Waals surface area contributed by atoms with Crippen LogP contribution in [0.15, 0.2) is 24.3 Å². The smallest absolute Gasteiger partial charge is 0.315 e. The zero-order valence-electron chi connectivity index (χ0n) is 11.7. The van der Waals surface area contributed by atoms with Crippen molar-refractivity contribution in [3.8, 4) is 5.75 Å². The van der Waals surface area contributed by atoms with E-state index >= 15 is 0 Å². The molecule has 1 N–H and O–H groups in total. The van der Waals surface area contributed by atoms with Crippen molar-refractivity contribution in [2.45, 2.75) is 13.8 Å². The Morgan fingerprint density at radius 1 is 1.10 bits per heavy atom. The number of thioether (sulfide) groups is 1. The fraction of sp³-hybridized carbons (Fsp3) is 0.429. The first kappa shape index (κ1) is 16.4. The molecule has 0 bridgehead atoms. The minimum Gasteiger partial charge on any atom is -0.494 e. The van der Waals surface area contributed by atoms with Gasteiger partial charge in [0, 0.05) is 5.69 Å². The van der Waals surface area contributed by atoms with E-state index in [9.17, 15) is 9.59 Å². The van der Waals surface area contributed by atoms with Crippen molar-refractivity contribution >= 4 is 29.3 Å². The lowest BCUT2D eigenvalue weighted by molar-refractivity contribution is -0.139. The summed E-state index contributed by atoms with van der Waals surface area (Å²) in [6, 6.07) is 7.15. The summed E-state index contributed by atoms with van der Waals surface area (Å²) in [4.78, 5) is 22.7. The highest BCUT2D eigenvalue weighted by molar-refractivity contribution is 8.00. The molecule has 110 valence electrons. The SMILES string of the molecule is CCOC(=O)CSCC(=O)Nc1ccc(OCC)cc1. The number of esters is 1. The third kappa shape index (κ3) is 6.47. The van der Waals surface area contributed by atoms with E-state index in [-0.39, 0.29) is 23.4 Å². The van der Waals surface area contributed by atoms with Crippen LogP contribution in [0.3, 0.4) is 0 Å². The predicted molar refractivity (Wildman–Crippen MR) is 80.2 cm³/mol. The number of benzene rings is 1. The van der Waals surface area contributed by atoms with Gasteiger partial charge < -0.3 is 14.8 Å². The molecule has 0 unspecified atom stereocenters. The van der Waals surface area contributed by atoms with Crippen LogP contribution >= 0.6 is 11.8 Å². The zero-order chi connectivity index (χ0) is 14.8. The Hall–Kier alpha value is -1.69. The molecule has 0 aromatic heterocycles. The Kier molecular flexibility index (Phi) is 7.57. The number of hydrogen-bond donors (Lipinski definition) is 1. The lowest BCUT2D eigenvalue weighted by atomic mass is 10.3. The van der Waals surface area contributed by atoms with Crippen LogP contribution < -0.4 is 10.1 Å². The molecule has 5 nitrogen and oxygen atoms in total. The number of ether oxygens (including phenoxy) is 2. The molecule has 0 aliphatic heterocycles. The molecule has 0 aliphatic carbocycles. The van der Waals surface area contributed by atoms with Crippen LogP contribution in [0.4, 0.5) is 5.69 Å². The fourth-order valence-electron chi connectivity index (χ4n) is 1.43. The maximum atomic E-state index is 11.6. The van der Waals surface area contributed by atoms with Gasteiger partial charge in [0.05, 0.1) is 24.7 Å². The van der Waals surface area contributed by atoms with Crippen LogP contribution in [-0.2, 0) is 14.3 Å². The van der Waals surface area contributed by atoms with Crippen LogP contribution in [0.2, 0.25) is 0 Å². The monoisotopic (exact) mass is 297 g/mol. The van der Waals surface area contributed by atoms with Crippen molar-refractivity contribution in [1.29, 1.82) is 0 Å². The quantitative estimate of drug-likeness (QED) is 0.746.